The third-order valence-electron chi connectivity index (χ3n) is 4.22. The van der Waals surface area contributed by atoms with Gasteiger partial charge in [-0.1, -0.05) is 30.3 Å². The standard InChI is InChI=1S/C18H24N2S/c1-20(2)17(18-8-5-11-21-18)13-19-12-15-6-3-4-7-16(15)14-9-10-14/h3-8,11,14,17,19H,9-10,12-13H2,1-2H3. The minimum atomic E-state index is 0.457. The summed E-state index contributed by atoms with van der Waals surface area (Å²) in [4.78, 5) is 3.73. The first-order chi connectivity index (χ1) is 10.3. The number of thiophene rings is 1. The summed E-state index contributed by atoms with van der Waals surface area (Å²) in [7, 11) is 4.31. The topological polar surface area (TPSA) is 15.3 Å². The lowest BCUT2D eigenvalue weighted by atomic mass is 10.0. The van der Waals surface area contributed by atoms with Crippen LogP contribution in [-0.2, 0) is 6.54 Å². The van der Waals surface area contributed by atoms with E-state index in [2.05, 4.69) is 66.1 Å². The van der Waals surface area contributed by atoms with Crippen molar-refractivity contribution in [3.8, 4) is 0 Å². The van der Waals surface area contributed by atoms with E-state index in [0.717, 1.165) is 19.0 Å². The summed E-state index contributed by atoms with van der Waals surface area (Å²) in [6.45, 7) is 1.97. The quantitative estimate of drug-likeness (QED) is 0.831. The highest BCUT2D eigenvalue weighted by Crippen LogP contribution is 2.41. The Morgan fingerprint density at radius 1 is 1.19 bits per heavy atom. The van der Waals surface area contributed by atoms with E-state index in [9.17, 15) is 0 Å². The summed E-state index contributed by atoms with van der Waals surface area (Å²) in [5, 5.41) is 5.82. The molecule has 1 fully saturated rings. The number of rotatable bonds is 7. The van der Waals surface area contributed by atoms with Gasteiger partial charge in [-0.3, -0.25) is 0 Å². The molecule has 3 rings (SSSR count). The van der Waals surface area contributed by atoms with E-state index < -0.39 is 0 Å². The third-order valence-corrected chi connectivity index (χ3v) is 5.19. The van der Waals surface area contributed by atoms with Crippen molar-refractivity contribution in [2.45, 2.75) is 31.3 Å². The maximum Gasteiger partial charge on any atom is 0.0561 e. The van der Waals surface area contributed by atoms with Crippen LogP contribution in [0.2, 0.25) is 0 Å². The van der Waals surface area contributed by atoms with Crippen LogP contribution in [0.1, 0.15) is 40.8 Å². The van der Waals surface area contributed by atoms with Gasteiger partial charge >= 0.3 is 0 Å². The predicted molar refractivity (Wildman–Crippen MR) is 90.9 cm³/mol. The molecule has 1 atom stereocenters. The fraction of sp³-hybridized carbons (Fsp3) is 0.444. The number of hydrogen-bond acceptors (Lipinski definition) is 3. The van der Waals surface area contributed by atoms with Crippen LogP contribution in [0, 0.1) is 0 Å². The van der Waals surface area contributed by atoms with Crippen LogP contribution in [0.3, 0.4) is 0 Å². The van der Waals surface area contributed by atoms with Crippen LogP contribution in [0.4, 0.5) is 0 Å². The second-order valence-electron chi connectivity index (χ2n) is 6.10. The van der Waals surface area contributed by atoms with Crippen molar-refractivity contribution in [1.82, 2.24) is 10.2 Å². The average Bonchev–Trinajstić information content (AvgIpc) is 3.19. The van der Waals surface area contributed by atoms with Gasteiger partial charge in [0.15, 0.2) is 0 Å². The van der Waals surface area contributed by atoms with Gasteiger partial charge in [0.1, 0.15) is 0 Å². The van der Waals surface area contributed by atoms with Crippen molar-refractivity contribution >= 4 is 11.3 Å². The minimum Gasteiger partial charge on any atom is -0.311 e. The monoisotopic (exact) mass is 300 g/mol. The van der Waals surface area contributed by atoms with Crippen molar-refractivity contribution in [2.24, 2.45) is 0 Å². The first-order valence-electron chi connectivity index (χ1n) is 7.74. The smallest absolute Gasteiger partial charge is 0.0561 e. The fourth-order valence-electron chi connectivity index (χ4n) is 2.85. The first kappa shape index (κ1) is 14.8. The normalized spacial score (nSPS) is 16.3. The minimum absolute atomic E-state index is 0.457. The van der Waals surface area contributed by atoms with Gasteiger partial charge < -0.3 is 10.2 Å². The van der Waals surface area contributed by atoms with Crippen molar-refractivity contribution < 1.29 is 0 Å². The predicted octanol–water partition coefficient (Wildman–Crippen LogP) is 4.02. The zero-order valence-corrected chi connectivity index (χ0v) is 13.7. The lowest BCUT2D eigenvalue weighted by molar-refractivity contribution is 0.292. The Hall–Kier alpha value is -1.16. The SMILES string of the molecule is CN(C)C(CNCc1ccccc1C1CC1)c1cccs1. The Labute approximate surface area is 131 Å². The van der Waals surface area contributed by atoms with Gasteiger partial charge in [0.2, 0.25) is 0 Å². The van der Waals surface area contributed by atoms with E-state index in [-0.39, 0.29) is 0 Å². The Bertz CT molecular complexity index is 558. The molecular formula is C18H24N2S. The Kier molecular flexibility index (Phi) is 4.73. The highest BCUT2D eigenvalue weighted by molar-refractivity contribution is 7.10. The number of nitrogens with one attached hydrogen (secondary N) is 1. The summed E-state index contributed by atoms with van der Waals surface area (Å²) >= 11 is 1.84. The van der Waals surface area contributed by atoms with Gasteiger partial charge in [0, 0.05) is 18.0 Å². The van der Waals surface area contributed by atoms with Crippen LogP contribution >= 0.6 is 11.3 Å². The summed E-state index contributed by atoms with van der Waals surface area (Å²) in [6.07, 6.45) is 2.74. The molecule has 3 heteroatoms. The molecule has 0 bridgehead atoms. The molecule has 1 heterocycles. The molecule has 1 N–H and O–H groups in total. The maximum atomic E-state index is 3.66. The lowest BCUT2D eigenvalue weighted by Crippen LogP contribution is -2.30. The third kappa shape index (κ3) is 3.73. The lowest BCUT2D eigenvalue weighted by Gasteiger charge is -2.24. The molecule has 0 aliphatic heterocycles. The zero-order chi connectivity index (χ0) is 14.7. The van der Waals surface area contributed by atoms with Gasteiger partial charge in [-0.2, -0.15) is 0 Å². The van der Waals surface area contributed by atoms with Crippen molar-refractivity contribution in [2.75, 3.05) is 20.6 Å². The van der Waals surface area contributed by atoms with E-state index in [1.165, 1.54) is 23.3 Å². The molecule has 0 radical (unpaired) electrons. The van der Waals surface area contributed by atoms with E-state index >= 15 is 0 Å². The van der Waals surface area contributed by atoms with E-state index in [1.54, 1.807) is 5.56 Å². The molecule has 0 amide bonds. The first-order valence-corrected chi connectivity index (χ1v) is 8.62. The molecule has 112 valence electrons. The molecule has 0 saturated heterocycles. The number of hydrogen-bond donors (Lipinski definition) is 1. The largest absolute Gasteiger partial charge is 0.311 e. The zero-order valence-electron chi connectivity index (χ0n) is 12.9. The molecule has 21 heavy (non-hydrogen) atoms. The molecule has 2 nitrogen and oxygen atoms in total. The highest BCUT2D eigenvalue weighted by Gasteiger charge is 2.25. The number of benzene rings is 1. The summed E-state index contributed by atoms with van der Waals surface area (Å²) in [6, 6.07) is 13.7. The van der Waals surface area contributed by atoms with Gasteiger partial charge in [0.25, 0.3) is 0 Å². The van der Waals surface area contributed by atoms with Gasteiger partial charge in [0.05, 0.1) is 6.04 Å². The molecule has 1 aliphatic carbocycles. The molecule has 1 saturated carbocycles. The van der Waals surface area contributed by atoms with Crippen LogP contribution in [-0.4, -0.2) is 25.5 Å². The van der Waals surface area contributed by atoms with E-state index in [1.807, 2.05) is 11.3 Å². The number of nitrogens with zero attached hydrogens (tertiary/aromatic N) is 1. The van der Waals surface area contributed by atoms with Gasteiger partial charge in [-0.05, 0) is 55.4 Å². The summed E-state index contributed by atoms with van der Waals surface area (Å²) in [5.41, 5.74) is 3.03. The molecule has 2 aromatic rings. The Morgan fingerprint density at radius 3 is 2.67 bits per heavy atom. The molecule has 1 unspecified atom stereocenters. The van der Waals surface area contributed by atoms with Crippen LogP contribution in [0.5, 0.6) is 0 Å². The van der Waals surface area contributed by atoms with E-state index in [0.29, 0.717) is 6.04 Å². The van der Waals surface area contributed by atoms with Crippen LogP contribution in [0.25, 0.3) is 0 Å². The second-order valence-corrected chi connectivity index (χ2v) is 7.08. The van der Waals surface area contributed by atoms with Gasteiger partial charge in [-0.25, -0.2) is 0 Å². The van der Waals surface area contributed by atoms with Gasteiger partial charge in [-0.15, -0.1) is 11.3 Å². The fourth-order valence-corrected chi connectivity index (χ4v) is 3.77. The molecular weight excluding hydrogens is 276 g/mol. The average molecular weight is 300 g/mol. The van der Waals surface area contributed by atoms with Crippen molar-refractivity contribution in [1.29, 1.82) is 0 Å². The Balaban J connectivity index is 1.60. The summed E-state index contributed by atoms with van der Waals surface area (Å²) in [5.74, 6) is 0.824. The van der Waals surface area contributed by atoms with Crippen molar-refractivity contribution in [3.05, 3.63) is 57.8 Å². The number of likely N-dealkylation sites (N-methyl/N-ethyl adjacent to an activating group) is 1. The van der Waals surface area contributed by atoms with Crippen LogP contribution < -0.4 is 5.32 Å². The highest BCUT2D eigenvalue weighted by atomic mass is 32.1. The van der Waals surface area contributed by atoms with Crippen LogP contribution in [0.15, 0.2) is 41.8 Å². The molecule has 0 spiro atoms. The molecule has 1 aromatic heterocycles. The van der Waals surface area contributed by atoms with E-state index in [4.69, 9.17) is 0 Å². The second kappa shape index (κ2) is 6.73. The summed E-state index contributed by atoms with van der Waals surface area (Å²) < 4.78 is 0. The maximum absolute atomic E-state index is 3.66. The Morgan fingerprint density at radius 2 is 2.00 bits per heavy atom. The van der Waals surface area contributed by atoms with Crippen molar-refractivity contribution in [3.63, 3.8) is 0 Å². The molecule has 1 aliphatic rings. The molecule has 1 aromatic carbocycles.